The summed E-state index contributed by atoms with van der Waals surface area (Å²) < 4.78 is 0. The van der Waals surface area contributed by atoms with Gasteiger partial charge in [0.25, 0.3) is 0 Å². The molecule has 0 rings (SSSR count). The van der Waals surface area contributed by atoms with Crippen LogP contribution in [0.4, 0.5) is 0 Å². The number of hydrogen-bond donors (Lipinski definition) is 2. The molecule has 0 fully saturated rings. The van der Waals surface area contributed by atoms with Crippen molar-refractivity contribution in [1.29, 1.82) is 0 Å². The second-order valence-corrected chi connectivity index (χ2v) is 6.48. The Kier molecular flexibility index (Phi) is 13.9. The highest BCUT2D eigenvalue weighted by molar-refractivity contribution is 5.79. The molecule has 0 unspecified atom stereocenters. The van der Waals surface area contributed by atoms with Gasteiger partial charge >= 0.3 is 0 Å². The Morgan fingerprint density at radius 3 is 1.22 bits per heavy atom. The van der Waals surface area contributed by atoms with Crippen molar-refractivity contribution in [2.45, 2.75) is 85.5 Å². The van der Waals surface area contributed by atoms with Crippen molar-refractivity contribution in [2.24, 2.45) is 11.8 Å². The Balaban J connectivity index is 3.93. The average Bonchev–Trinajstić information content (AvgIpc) is 2.53. The fourth-order valence-corrected chi connectivity index (χ4v) is 3.01. The molecule has 4 nitrogen and oxygen atoms in total. The Hall–Kier alpha value is -1.06. The van der Waals surface area contributed by atoms with Gasteiger partial charge in [-0.1, -0.05) is 53.4 Å². The quantitative estimate of drug-likeness (QED) is 0.473. The summed E-state index contributed by atoms with van der Waals surface area (Å²) in [6, 6.07) is 0. The normalized spacial score (nSPS) is 11.0. The molecule has 0 aliphatic heterocycles. The zero-order chi connectivity index (χ0) is 17.5. The third-order valence-electron chi connectivity index (χ3n) is 4.24. The number of nitrogens with one attached hydrogen (secondary N) is 2. The maximum Gasteiger partial charge on any atom is 0.223 e. The number of rotatable bonds is 14. The van der Waals surface area contributed by atoms with Crippen molar-refractivity contribution in [3.8, 4) is 0 Å². The van der Waals surface area contributed by atoms with Gasteiger partial charge in [-0.05, 0) is 32.1 Å². The molecule has 0 aliphatic rings. The lowest BCUT2D eigenvalue weighted by molar-refractivity contribution is -0.125. The first-order valence-corrected chi connectivity index (χ1v) is 9.65. The number of hydrogen-bond acceptors (Lipinski definition) is 2. The molecule has 23 heavy (non-hydrogen) atoms. The van der Waals surface area contributed by atoms with Crippen LogP contribution in [-0.4, -0.2) is 24.9 Å². The smallest absolute Gasteiger partial charge is 0.223 e. The number of amides is 2. The van der Waals surface area contributed by atoms with Crippen LogP contribution >= 0.6 is 0 Å². The third-order valence-corrected chi connectivity index (χ3v) is 4.24. The molecule has 2 N–H and O–H groups in total. The summed E-state index contributed by atoms with van der Waals surface area (Å²) in [6.45, 7) is 9.77. The molecule has 0 saturated carbocycles. The lowest BCUT2D eigenvalue weighted by Crippen LogP contribution is -2.35. The molecule has 2 amide bonds. The van der Waals surface area contributed by atoms with Gasteiger partial charge in [0.2, 0.25) is 11.8 Å². The molecule has 0 atom stereocenters. The van der Waals surface area contributed by atoms with Crippen LogP contribution in [0.15, 0.2) is 0 Å². The number of carbonyl (C=O) groups excluding carboxylic acids is 2. The van der Waals surface area contributed by atoms with Crippen molar-refractivity contribution in [1.82, 2.24) is 10.6 Å². The van der Waals surface area contributed by atoms with Gasteiger partial charge in [-0.15, -0.1) is 0 Å². The summed E-state index contributed by atoms with van der Waals surface area (Å²) >= 11 is 0. The van der Waals surface area contributed by atoms with Crippen LogP contribution in [0.25, 0.3) is 0 Å². The fraction of sp³-hybridized carbons (Fsp3) is 0.895. The first-order chi connectivity index (χ1) is 11.1. The molecule has 0 spiro atoms. The van der Waals surface area contributed by atoms with Crippen LogP contribution in [0, 0.1) is 11.8 Å². The van der Waals surface area contributed by atoms with Crippen LogP contribution in [-0.2, 0) is 9.59 Å². The largest absolute Gasteiger partial charge is 0.356 e. The predicted molar refractivity (Wildman–Crippen MR) is 97.2 cm³/mol. The van der Waals surface area contributed by atoms with Gasteiger partial charge in [-0.25, -0.2) is 0 Å². The van der Waals surface area contributed by atoms with Gasteiger partial charge in [0.05, 0.1) is 0 Å². The van der Waals surface area contributed by atoms with Gasteiger partial charge in [0.15, 0.2) is 0 Å². The molecule has 0 aromatic carbocycles. The molecule has 0 aromatic heterocycles. The van der Waals surface area contributed by atoms with Gasteiger partial charge in [-0.2, -0.15) is 0 Å². The Morgan fingerprint density at radius 2 is 0.957 bits per heavy atom. The van der Waals surface area contributed by atoms with E-state index in [1.54, 1.807) is 0 Å². The summed E-state index contributed by atoms with van der Waals surface area (Å²) in [4.78, 5) is 24.2. The first kappa shape index (κ1) is 21.9. The van der Waals surface area contributed by atoms with Crippen molar-refractivity contribution >= 4 is 11.8 Å². The molecule has 4 heteroatoms. The minimum absolute atomic E-state index is 0.151. The van der Waals surface area contributed by atoms with Crippen molar-refractivity contribution in [2.75, 3.05) is 13.1 Å². The van der Waals surface area contributed by atoms with E-state index >= 15 is 0 Å². The predicted octanol–water partition coefficient (Wildman–Crippen LogP) is 4.04. The van der Waals surface area contributed by atoms with E-state index in [0.29, 0.717) is 13.1 Å². The lowest BCUT2D eigenvalue weighted by atomic mass is 9.97. The van der Waals surface area contributed by atoms with Crippen LogP contribution in [0.1, 0.15) is 85.5 Å². The number of carbonyl (C=O) groups is 2. The van der Waals surface area contributed by atoms with Crippen molar-refractivity contribution in [3.05, 3.63) is 0 Å². The third kappa shape index (κ3) is 10.4. The highest BCUT2D eigenvalue weighted by atomic mass is 16.2. The highest BCUT2D eigenvalue weighted by Gasteiger charge is 2.17. The van der Waals surface area contributed by atoms with Crippen LogP contribution < -0.4 is 10.6 Å². The van der Waals surface area contributed by atoms with Gasteiger partial charge in [0, 0.05) is 24.9 Å². The molecular formula is C19H38N2O2. The molecule has 0 saturated heterocycles. The minimum atomic E-state index is 0.151. The van der Waals surface area contributed by atoms with E-state index in [4.69, 9.17) is 0 Å². The monoisotopic (exact) mass is 326 g/mol. The summed E-state index contributed by atoms with van der Waals surface area (Å²) in [5, 5.41) is 6.03. The van der Waals surface area contributed by atoms with E-state index < -0.39 is 0 Å². The second-order valence-electron chi connectivity index (χ2n) is 6.48. The van der Waals surface area contributed by atoms with Crippen LogP contribution in [0.3, 0.4) is 0 Å². The standard InChI is InChI=1S/C19H38N2O2/c1-5-10-16(11-6-2)18(22)20-14-9-15-21-19(23)17(12-7-3)13-8-4/h16-17H,5-15H2,1-4H3,(H,20,22)(H,21,23). The fourth-order valence-electron chi connectivity index (χ4n) is 3.01. The minimum Gasteiger partial charge on any atom is -0.356 e. The molecule has 0 heterocycles. The van der Waals surface area contributed by atoms with E-state index in [-0.39, 0.29) is 23.7 Å². The van der Waals surface area contributed by atoms with E-state index in [2.05, 4.69) is 38.3 Å². The molecule has 0 bridgehead atoms. The zero-order valence-electron chi connectivity index (χ0n) is 15.7. The van der Waals surface area contributed by atoms with Gasteiger partial charge in [-0.3, -0.25) is 9.59 Å². The van der Waals surface area contributed by atoms with E-state index in [9.17, 15) is 9.59 Å². The highest BCUT2D eigenvalue weighted by Crippen LogP contribution is 2.14. The van der Waals surface area contributed by atoms with Gasteiger partial charge < -0.3 is 10.6 Å². The first-order valence-electron chi connectivity index (χ1n) is 9.65. The second kappa shape index (κ2) is 14.5. The van der Waals surface area contributed by atoms with Crippen molar-refractivity contribution in [3.63, 3.8) is 0 Å². The SMILES string of the molecule is CCCC(CCC)C(=O)NCCCNC(=O)C(CCC)CCC. The summed E-state index contributed by atoms with van der Waals surface area (Å²) in [7, 11) is 0. The molecular weight excluding hydrogens is 288 g/mol. The molecule has 0 aliphatic carbocycles. The topological polar surface area (TPSA) is 58.2 Å². The van der Waals surface area contributed by atoms with E-state index in [1.165, 1.54) is 0 Å². The van der Waals surface area contributed by atoms with E-state index in [1.807, 2.05) is 0 Å². The van der Waals surface area contributed by atoms with Crippen LogP contribution in [0.2, 0.25) is 0 Å². The Bertz CT molecular complexity index is 276. The van der Waals surface area contributed by atoms with Crippen LogP contribution in [0.5, 0.6) is 0 Å². The molecule has 136 valence electrons. The average molecular weight is 327 g/mol. The summed E-state index contributed by atoms with van der Waals surface area (Å²) in [5.74, 6) is 0.654. The maximum atomic E-state index is 12.1. The lowest BCUT2D eigenvalue weighted by Gasteiger charge is -2.16. The zero-order valence-corrected chi connectivity index (χ0v) is 15.7. The summed E-state index contributed by atoms with van der Waals surface area (Å²) in [6.07, 6.45) is 8.84. The maximum absolute atomic E-state index is 12.1. The van der Waals surface area contributed by atoms with Gasteiger partial charge in [0.1, 0.15) is 0 Å². The molecule has 0 radical (unpaired) electrons. The Labute approximate surface area is 143 Å². The Morgan fingerprint density at radius 1 is 0.652 bits per heavy atom. The molecule has 0 aromatic rings. The summed E-state index contributed by atoms with van der Waals surface area (Å²) in [5.41, 5.74) is 0. The van der Waals surface area contributed by atoms with Crippen molar-refractivity contribution < 1.29 is 9.59 Å². The van der Waals surface area contributed by atoms with E-state index in [0.717, 1.165) is 57.8 Å².